The van der Waals surface area contributed by atoms with Crippen molar-refractivity contribution in [2.75, 3.05) is 39.3 Å². The van der Waals surface area contributed by atoms with Crippen LogP contribution in [0.2, 0.25) is 0 Å². The van der Waals surface area contributed by atoms with Gasteiger partial charge < -0.3 is 10.2 Å². The Morgan fingerprint density at radius 3 is 2.66 bits per heavy atom. The monoisotopic (exact) mass is 402 g/mol. The highest BCUT2D eigenvalue weighted by Crippen LogP contribution is 2.42. The molecule has 7 nitrogen and oxygen atoms in total. The van der Waals surface area contributed by atoms with Crippen molar-refractivity contribution in [2.24, 2.45) is 13.0 Å². The standard InChI is InChI=1S/C22H38N6O/c1-4-26(5-2)19-11-14-27(16-19)22(29)23-15-17-7-6-13-28(18-8-9-18)21(17)20-10-12-24-25(20)3/h10,12,17-19,21H,4-9,11,13-16H2,1-3H3,(H,23,29)/t17-,19?,21+/m0/s1. The van der Waals surface area contributed by atoms with Crippen molar-refractivity contribution >= 4 is 6.03 Å². The van der Waals surface area contributed by atoms with Gasteiger partial charge in [-0.15, -0.1) is 0 Å². The lowest BCUT2D eigenvalue weighted by Crippen LogP contribution is -2.47. The highest BCUT2D eigenvalue weighted by Gasteiger charge is 2.41. The predicted molar refractivity (Wildman–Crippen MR) is 115 cm³/mol. The Hall–Kier alpha value is -1.60. The minimum absolute atomic E-state index is 0.118. The molecule has 1 aliphatic carbocycles. The summed E-state index contributed by atoms with van der Waals surface area (Å²) in [4.78, 5) is 20.1. The van der Waals surface area contributed by atoms with Gasteiger partial charge in [0.25, 0.3) is 0 Å². The van der Waals surface area contributed by atoms with Gasteiger partial charge in [-0.05, 0) is 63.7 Å². The summed E-state index contributed by atoms with van der Waals surface area (Å²) in [6, 6.07) is 3.88. The number of likely N-dealkylation sites (N-methyl/N-ethyl adjacent to an activating group) is 1. The summed E-state index contributed by atoms with van der Waals surface area (Å²) < 4.78 is 2.02. The van der Waals surface area contributed by atoms with Crippen LogP contribution in [0.5, 0.6) is 0 Å². The van der Waals surface area contributed by atoms with E-state index in [1.165, 1.54) is 37.9 Å². The summed E-state index contributed by atoms with van der Waals surface area (Å²) in [5.41, 5.74) is 1.29. The molecule has 162 valence electrons. The number of hydrogen-bond acceptors (Lipinski definition) is 4. The summed E-state index contributed by atoms with van der Waals surface area (Å²) in [6.07, 6.45) is 8.01. The predicted octanol–water partition coefficient (Wildman–Crippen LogP) is 2.46. The Kier molecular flexibility index (Phi) is 6.44. The number of amides is 2. The second-order valence-electron chi connectivity index (χ2n) is 8.99. The highest BCUT2D eigenvalue weighted by molar-refractivity contribution is 5.74. The third-order valence-electron chi connectivity index (χ3n) is 7.27. The lowest BCUT2D eigenvalue weighted by atomic mass is 9.86. The molecule has 0 radical (unpaired) electrons. The van der Waals surface area contributed by atoms with E-state index >= 15 is 0 Å². The zero-order chi connectivity index (χ0) is 20.4. The Bertz CT molecular complexity index is 683. The molecule has 1 saturated carbocycles. The molecule has 1 aromatic heterocycles. The topological polar surface area (TPSA) is 56.6 Å². The van der Waals surface area contributed by atoms with E-state index in [1.807, 2.05) is 22.8 Å². The van der Waals surface area contributed by atoms with Gasteiger partial charge in [-0.25, -0.2) is 4.79 Å². The van der Waals surface area contributed by atoms with Crippen LogP contribution in [0.25, 0.3) is 0 Å². The van der Waals surface area contributed by atoms with Crippen molar-refractivity contribution in [3.8, 4) is 0 Å². The Labute approximate surface area is 175 Å². The number of aromatic nitrogens is 2. The van der Waals surface area contributed by atoms with Crippen molar-refractivity contribution in [3.63, 3.8) is 0 Å². The molecule has 7 heteroatoms. The molecule has 1 unspecified atom stereocenters. The minimum Gasteiger partial charge on any atom is -0.338 e. The quantitative estimate of drug-likeness (QED) is 0.761. The number of piperidine rings is 1. The second kappa shape index (κ2) is 9.04. The maximum atomic E-state index is 12.9. The third kappa shape index (κ3) is 4.45. The molecular formula is C22H38N6O. The van der Waals surface area contributed by atoms with Crippen molar-refractivity contribution in [1.82, 2.24) is 29.8 Å². The molecule has 0 aromatic carbocycles. The van der Waals surface area contributed by atoms with Gasteiger partial charge in [-0.2, -0.15) is 5.10 Å². The van der Waals surface area contributed by atoms with Crippen LogP contribution in [0, 0.1) is 5.92 Å². The average Bonchev–Trinajstić information content (AvgIpc) is 3.32. The molecule has 4 rings (SSSR count). The smallest absolute Gasteiger partial charge is 0.317 e. The van der Waals surface area contributed by atoms with Gasteiger partial charge in [0.2, 0.25) is 0 Å². The average molecular weight is 403 g/mol. The SMILES string of the molecule is CCN(CC)C1CCN(C(=O)NC[C@@H]2CCCN(C3CC3)[C@H]2c2ccnn2C)C1. The van der Waals surface area contributed by atoms with Gasteiger partial charge in [0.05, 0.1) is 11.7 Å². The molecule has 3 fully saturated rings. The number of nitrogens with zero attached hydrogens (tertiary/aromatic N) is 5. The lowest BCUT2D eigenvalue weighted by Gasteiger charge is -2.42. The molecule has 3 heterocycles. The molecule has 1 N–H and O–H groups in total. The fourth-order valence-corrected chi connectivity index (χ4v) is 5.51. The number of nitrogens with one attached hydrogen (secondary N) is 1. The van der Waals surface area contributed by atoms with Gasteiger partial charge in [-0.1, -0.05) is 13.8 Å². The normalized spacial score (nSPS) is 28.3. The van der Waals surface area contributed by atoms with E-state index in [4.69, 9.17) is 0 Å². The number of carbonyl (C=O) groups excluding carboxylic acids is 1. The van der Waals surface area contributed by atoms with Gasteiger partial charge in [0.1, 0.15) is 0 Å². The number of rotatable bonds is 7. The summed E-state index contributed by atoms with van der Waals surface area (Å²) >= 11 is 0. The van der Waals surface area contributed by atoms with Crippen LogP contribution in [-0.2, 0) is 7.05 Å². The van der Waals surface area contributed by atoms with Crippen LogP contribution in [-0.4, -0.2) is 81.9 Å². The molecule has 0 bridgehead atoms. The summed E-state index contributed by atoms with van der Waals surface area (Å²) in [5, 5.41) is 7.72. The molecule has 3 aliphatic rings. The first kappa shape index (κ1) is 20.7. The molecule has 3 atom stereocenters. The van der Waals surface area contributed by atoms with Crippen molar-refractivity contribution in [2.45, 2.75) is 64.1 Å². The Morgan fingerprint density at radius 2 is 2.00 bits per heavy atom. The molecule has 0 spiro atoms. The second-order valence-corrected chi connectivity index (χ2v) is 8.99. The van der Waals surface area contributed by atoms with E-state index in [2.05, 4.69) is 40.1 Å². The number of hydrogen-bond donors (Lipinski definition) is 1. The first-order chi connectivity index (χ1) is 14.1. The molecule has 2 amide bonds. The van der Waals surface area contributed by atoms with Gasteiger partial charge in [0, 0.05) is 45.0 Å². The summed E-state index contributed by atoms with van der Waals surface area (Å²) in [6.45, 7) is 10.2. The molecule has 1 aromatic rings. The van der Waals surface area contributed by atoms with Crippen LogP contribution < -0.4 is 5.32 Å². The first-order valence-corrected chi connectivity index (χ1v) is 11.6. The highest BCUT2D eigenvalue weighted by atomic mass is 16.2. The first-order valence-electron chi connectivity index (χ1n) is 11.6. The van der Waals surface area contributed by atoms with Crippen LogP contribution in [0.15, 0.2) is 12.3 Å². The van der Waals surface area contributed by atoms with E-state index in [0.717, 1.165) is 45.2 Å². The molecule has 29 heavy (non-hydrogen) atoms. The maximum Gasteiger partial charge on any atom is 0.317 e. The fourth-order valence-electron chi connectivity index (χ4n) is 5.51. The van der Waals surface area contributed by atoms with Crippen LogP contribution in [0.1, 0.15) is 57.7 Å². The summed E-state index contributed by atoms with van der Waals surface area (Å²) in [7, 11) is 2.04. The molecule has 2 aliphatic heterocycles. The van der Waals surface area contributed by atoms with E-state index < -0.39 is 0 Å². The lowest BCUT2D eigenvalue weighted by molar-refractivity contribution is 0.0780. The largest absolute Gasteiger partial charge is 0.338 e. The van der Waals surface area contributed by atoms with Gasteiger partial charge >= 0.3 is 6.03 Å². The van der Waals surface area contributed by atoms with E-state index in [1.54, 1.807) is 0 Å². The molecular weight excluding hydrogens is 364 g/mol. The van der Waals surface area contributed by atoms with E-state index in [0.29, 0.717) is 18.0 Å². The van der Waals surface area contributed by atoms with Gasteiger partial charge in [-0.3, -0.25) is 14.5 Å². The zero-order valence-corrected chi connectivity index (χ0v) is 18.4. The third-order valence-corrected chi connectivity index (χ3v) is 7.27. The molecule has 2 saturated heterocycles. The maximum absolute atomic E-state index is 12.9. The fraction of sp³-hybridized carbons (Fsp3) is 0.818. The van der Waals surface area contributed by atoms with Crippen molar-refractivity contribution in [3.05, 3.63) is 18.0 Å². The van der Waals surface area contributed by atoms with Crippen LogP contribution in [0.4, 0.5) is 4.79 Å². The zero-order valence-electron chi connectivity index (χ0n) is 18.4. The minimum atomic E-state index is 0.118. The van der Waals surface area contributed by atoms with Gasteiger partial charge in [0.15, 0.2) is 0 Å². The van der Waals surface area contributed by atoms with Crippen molar-refractivity contribution < 1.29 is 4.79 Å². The van der Waals surface area contributed by atoms with Crippen LogP contribution >= 0.6 is 0 Å². The van der Waals surface area contributed by atoms with E-state index in [-0.39, 0.29) is 6.03 Å². The number of likely N-dealkylation sites (tertiary alicyclic amines) is 2. The number of aryl methyl sites for hydroxylation is 1. The summed E-state index contributed by atoms with van der Waals surface area (Å²) in [5.74, 6) is 0.449. The number of urea groups is 1. The number of carbonyl (C=O) groups is 1. The van der Waals surface area contributed by atoms with E-state index in [9.17, 15) is 4.79 Å². The van der Waals surface area contributed by atoms with Crippen LogP contribution in [0.3, 0.4) is 0 Å². The van der Waals surface area contributed by atoms with Crippen molar-refractivity contribution in [1.29, 1.82) is 0 Å². The Morgan fingerprint density at radius 1 is 1.21 bits per heavy atom. The Balaban J connectivity index is 1.37.